The van der Waals surface area contributed by atoms with Gasteiger partial charge in [0.1, 0.15) is 0 Å². The first-order chi connectivity index (χ1) is 8.65. The van der Waals surface area contributed by atoms with Gasteiger partial charge in [-0.15, -0.1) is 0 Å². The molecule has 0 bridgehead atoms. The molecule has 1 aromatic carbocycles. The fraction of sp³-hybridized carbons (Fsp3) is 0.600. The lowest BCUT2D eigenvalue weighted by Crippen LogP contribution is -2.36. The number of halogens is 1. The van der Waals surface area contributed by atoms with E-state index < -0.39 is 0 Å². The lowest BCUT2D eigenvalue weighted by Gasteiger charge is -2.26. The van der Waals surface area contributed by atoms with Gasteiger partial charge in [0.15, 0.2) is 0 Å². The number of benzene rings is 1. The Bertz CT molecular complexity index is 390. The van der Waals surface area contributed by atoms with E-state index in [1.807, 2.05) is 0 Å². The molecule has 0 heterocycles. The second-order valence-corrected chi connectivity index (χ2v) is 6.38. The van der Waals surface area contributed by atoms with Crippen molar-refractivity contribution in [1.29, 1.82) is 0 Å². The van der Waals surface area contributed by atoms with Gasteiger partial charge in [0.2, 0.25) is 0 Å². The van der Waals surface area contributed by atoms with Crippen LogP contribution in [0.25, 0.3) is 0 Å². The van der Waals surface area contributed by atoms with Crippen LogP contribution in [0.1, 0.15) is 24.0 Å². The lowest BCUT2D eigenvalue weighted by atomic mass is 9.88. The van der Waals surface area contributed by atoms with E-state index >= 15 is 0 Å². The summed E-state index contributed by atoms with van der Waals surface area (Å²) in [5.74, 6) is 0. The molecule has 18 heavy (non-hydrogen) atoms. The fourth-order valence-electron chi connectivity index (χ4n) is 2.60. The summed E-state index contributed by atoms with van der Waals surface area (Å²) in [6, 6.07) is 7.37. The van der Waals surface area contributed by atoms with Crippen LogP contribution < -0.4 is 5.32 Å². The number of nitrogens with one attached hydrogen (secondary N) is 1. The molecule has 0 saturated heterocycles. The Labute approximate surface area is 119 Å². The zero-order valence-electron chi connectivity index (χ0n) is 11.4. The zero-order valence-corrected chi connectivity index (χ0v) is 13.0. The average molecular weight is 311 g/mol. The molecule has 1 unspecified atom stereocenters. The van der Waals surface area contributed by atoms with Gasteiger partial charge in [0.25, 0.3) is 0 Å². The summed E-state index contributed by atoms with van der Waals surface area (Å²) in [5.41, 5.74) is 3.05. The monoisotopic (exact) mass is 310 g/mol. The second kappa shape index (κ2) is 6.69. The first kappa shape index (κ1) is 14.0. The van der Waals surface area contributed by atoms with Crippen molar-refractivity contribution in [2.45, 2.75) is 31.7 Å². The molecule has 100 valence electrons. The van der Waals surface area contributed by atoms with Crippen molar-refractivity contribution in [3.05, 3.63) is 33.8 Å². The quantitative estimate of drug-likeness (QED) is 0.841. The van der Waals surface area contributed by atoms with Crippen LogP contribution in [0.5, 0.6) is 0 Å². The minimum Gasteiger partial charge on any atom is -0.314 e. The first-order valence-electron chi connectivity index (χ1n) is 6.80. The number of hydrogen-bond donors (Lipinski definition) is 1. The molecule has 2 nitrogen and oxygen atoms in total. The summed E-state index contributed by atoms with van der Waals surface area (Å²) in [6.45, 7) is 2.30. The van der Waals surface area contributed by atoms with E-state index in [1.54, 1.807) is 0 Å². The molecular formula is C15H23BrN2. The lowest BCUT2D eigenvalue weighted by molar-refractivity contribution is 0.378. The van der Waals surface area contributed by atoms with Crippen LogP contribution in [0.15, 0.2) is 22.7 Å². The summed E-state index contributed by atoms with van der Waals surface area (Å²) in [6.07, 6.45) is 4.90. The van der Waals surface area contributed by atoms with Gasteiger partial charge in [0.05, 0.1) is 0 Å². The second-order valence-electron chi connectivity index (χ2n) is 5.46. The Morgan fingerprint density at radius 2 is 2.17 bits per heavy atom. The van der Waals surface area contributed by atoms with Crippen molar-refractivity contribution in [2.75, 3.05) is 27.2 Å². The maximum absolute atomic E-state index is 3.69. The summed E-state index contributed by atoms with van der Waals surface area (Å²) in [4.78, 5) is 2.25. The van der Waals surface area contributed by atoms with Crippen LogP contribution in [-0.4, -0.2) is 38.1 Å². The van der Waals surface area contributed by atoms with E-state index in [2.05, 4.69) is 58.4 Å². The minimum absolute atomic E-state index is 0.667. The van der Waals surface area contributed by atoms with Gasteiger partial charge in [-0.05, 0) is 76.1 Å². The smallest absolute Gasteiger partial charge is 0.0178 e. The van der Waals surface area contributed by atoms with E-state index in [9.17, 15) is 0 Å². The molecule has 1 N–H and O–H groups in total. The molecule has 2 rings (SSSR count). The maximum Gasteiger partial charge on any atom is 0.0178 e. The van der Waals surface area contributed by atoms with E-state index in [-0.39, 0.29) is 0 Å². The highest BCUT2D eigenvalue weighted by Gasteiger charge is 2.17. The average Bonchev–Trinajstić information content (AvgIpc) is 2.34. The molecule has 0 fully saturated rings. The fourth-order valence-corrected chi connectivity index (χ4v) is 3.01. The molecular weight excluding hydrogens is 288 g/mol. The molecule has 0 aromatic heterocycles. The van der Waals surface area contributed by atoms with Gasteiger partial charge in [-0.3, -0.25) is 0 Å². The number of fused-ring (bicyclic) bond motifs is 1. The predicted octanol–water partition coefficient (Wildman–Crippen LogP) is 2.85. The topological polar surface area (TPSA) is 15.3 Å². The highest BCUT2D eigenvalue weighted by atomic mass is 79.9. The van der Waals surface area contributed by atoms with Crippen LogP contribution in [0, 0.1) is 0 Å². The van der Waals surface area contributed by atoms with Crippen LogP contribution in [0.2, 0.25) is 0 Å². The number of rotatable bonds is 5. The highest BCUT2D eigenvalue weighted by molar-refractivity contribution is 9.10. The third kappa shape index (κ3) is 4.08. The third-order valence-corrected chi connectivity index (χ3v) is 4.11. The summed E-state index contributed by atoms with van der Waals surface area (Å²) >= 11 is 3.55. The Morgan fingerprint density at radius 1 is 1.33 bits per heavy atom. The van der Waals surface area contributed by atoms with Crippen LogP contribution in [-0.2, 0) is 12.8 Å². The number of hydrogen-bond acceptors (Lipinski definition) is 2. The van der Waals surface area contributed by atoms with Gasteiger partial charge in [0, 0.05) is 10.5 Å². The number of aryl methyl sites for hydroxylation is 1. The van der Waals surface area contributed by atoms with Gasteiger partial charge >= 0.3 is 0 Å². The van der Waals surface area contributed by atoms with Crippen molar-refractivity contribution in [2.24, 2.45) is 0 Å². The van der Waals surface area contributed by atoms with Gasteiger partial charge in [-0.2, -0.15) is 0 Å². The molecule has 1 aromatic rings. The first-order valence-corrected chi connectivity index (χ1v) is 7.60. The van der Waals surface area contributed by atoms with Crippen molar-refractivity contribution < 1.29 is 0 Å². The normalized spacial score (nSPS) is 19.0. The molecule has 3 heteroatoms. The van der Waals surface area contributed by atoms with Gasteiger partial charge < -0.3 is 10.2 Å². The van der Waals surface area contributed by atoms with E-state index in [1.165, 1.54) is 47.8 Å². The van der Waals surface area contributed by atoms with Crippen LogP contribution >= 0.6 is 15.9 Å². The predicted molar refractivity (Wildman–Crippen MR) is 81.1 cm³/mol. The molecule has 0 amide bonds. The van der Waals surface area contributed by atoms with E-state index in [0.717, 1.165) is 6.54 Å². The van der Waals surface area contributed by atoms with Gasteiger partial charge in [-0.1, -0.05) is 22.0 Å². The Kier molecular flexibility index (Phi) is 5.22. The molecule has 0 radical (unpaired) electrons. The van der Waals surface area contributed by atoms with Gasteiger partial charge in [-0.25, -0.2) is 0 Å². The molecule has 0 aliphatic heterocycles. The maximum atomic E-state index is 3.69. The standard InChI is InChI=1S/C15H23BrN2/c1-18(2)9-3-8-17-15-7-5-12-10-14(16)6-4-13(12)11-15/h4,6,10,15,17H,3,5,7-9,11H2,1-2H3. The Hall–Kier alpha value is -0.380. The van der Waals surface area contributed by atoms with Crippen LogP contribution in [0.4, 0.5) is 0 Å². The third-order valence-electron chi connectivity index (χ3n) is 3.61. The summed E-state index contributed by atoms with van der Waals surface area (Å²) in [5, 5.41) is 3.69. The van der Waals surface area contributed by atoms with E-state index in [4.69, 9.17) is 0 Å². The summed E-state index contributed by atoms with van der Waals surface area (Å²) in [7, 11) is 4.27. The van der Waals surface area contributed by atoms with Crippen molar-refractivity contribution in [1.82, 2.24) is 10.2 Å². The highest BCUT2D eigenvalue weighted by Crippen LogP contribution is 2.24. The molecule has 1 aliphatic carbocycles. The Morgan fingerprint density at radius 3 is 2.94 bits per heavy atom. The Balaban J connectivity index is 1.79. The molecule has 0 spiro atoms. The molecule has 0 saturated carbocycles. The van der Waals surface area contributed by atoms with Crippen molar-refractivity contribution >= 4 is 15.9 Å². The molecule has 1 atom stereocenters. The van der Waals surface area contributed by atoms with Crippen molar-refractivity contribution in [3.63, 3.8) is 0 Å². The zero-order chi connectivity index (χ0) is 13.0. The van der Waals surface area contributed by atoms with Crippen molar-refractivity contribution in [3.8, 4) is 0 Å². The number of nitrogens with zero attached hydrogens (tertiary/aromatic N) is 1. The summed E-state index contributed by atoms with van der Waals surface area (Å²) < 4.78 is 1.21. The minimum atomic E-state index is 0.667. The molecule has 1 aliphatic rings. The van der Waals surface area contributed by atoms with E-state index in [0.29, 0.717) is 6.04 Å². The largest absolute Gasteiger partial charge is 0.314 e. The van der Waals surface area contributed by atoms with Crippen LogP contribution in [0.3, 0.4) is 0 Å². The SMILES string of the molecule is CN(C)CCCNC1CCc2cc(Br)ccc2C1.